The van der Waals surface area contributed by atoms with E-state index in [1.165, 1.54) is 0 Å². The first-order chi connectivity index (χ1) is 20.5. The summed E-state index contributed by atoms with van der Waals surface area (Å²) in [7, 11) is 4.00. The predicted octanol–water partition coefficient (Wildman–Crippen LogP) is 5.59. The molecule has 230 valence electrons. The highest BCUT2D eigenvalue weighted by Crippen LogP contribution is 2.38. The Morgan fingerprint density at radius 3 is 2.49 bits per heavy atom. The number of pyridine rings is 1. The molecule has 43 heavy (non-hydrogen) atoms. The van der Waals surface area contributed by atoms with Crippen molar-refractivity contribution in [2.45, 2.75) is 57.6 Å². The van der Waals surface area contributed by atoms with Crippen LogP contribution in [0.3, 0.4) is 0 Å². The van der Waals surface area contributed by atoms with Crippen molar-refractivity contribution in [2.75, 3.05) is 33.9 Å². The van der Waals surface area contributed by atoms with E-state index in [0.717, 1.165) is 29.7 Å². The number of carbonyl (C=O) groups is 2. The van der Waals surface area contributed by atoms with Gasteiger partial charge in [-0.3, -0.25) is 4.79 Å². The second-order valence-electron chi connectivity index (χ2n) is 11.2. The Bertz CT molecular complexity index is 1450. The number of hydrogen-bond donors (Lipinski definition) is 3. The van der Waals surface area contributed by atoms with Gasteiger partial charge < -0.3 is 29.9 Å². The number of amides is 1. The topological polar surface area (TPSA) is 121 Å². The van der Waals surface area contributed by atoms with Crippen molar-refractivity contribution >= 4 is 23.5 Å². The molecule has 1 heterocycles. The second kappa shape index (κ2) is 14.2. The van der Waals surface area contributed by atoms with Crippen LogP contribution < -0.4 is 14.8 Å². The van der Waals surface area contributed by atoms with Crippen molar-refractivity contribution < 1.29 is 29.3 Å². The van der Waals surface area contributed by atoms with Gasteiger partial charge in [0.1, 0.15) is 22.7 Å². The normalized spacial score (nSPS) is 18.3. The zero-order chi connectivity index (χ0) is 31.1. The highest BCUT2D eigenvalue weighted by Gasteiger charge is 2.43. The van der Waals surface area contributed by atoms with Crippen molar-refractivity contribution in [3.8, 4) is 33.9 Å². The fraction of sp³-hybridized carbons (Fsp3) is 0.424. The minimum Gasteiger partial charge on any atom is -0.494 e. The number of benzene rings is 2. The molecule has 10 heteroatoms. The molecule has 0 bridgehead atoms. The number of ether oxygens (including phenoxy) is 2. The third-order valence-electron chi connectivity index (χ3n) is 7.72. The number of aromatic nitrogens is 1. The zero-order valence-corrected chi connectivity index (χ0v) is 25.9. The van der Waals surface area contributed by atoms with E-state index in [0.29, 0.717) is 53.8 Å². The van der Waals surface area contributed by atoms with Crippen LogP contribution in [0, 0.1) is 6.92 Å². The van der Waals surface area contributed by atoms with E-state index in [9.17, 15) is 19.8 Å². The van der Waals surface area contributed by atoms with Crippen LogP contribution in [0.4, 0.5) is 0 Å². The molecule has 1 aliphatic rings. The standard InChI is InChI=1S/C33H40ClN3O6/c1-5-42-24-9-7-21(2)26(20-24)25-10-12-28(31(39)36-33(32(40)41)15-13-23(38)14-16-33)35-30(25)22-8-11-27(34)29(19-22)43-18-6-17-37(3)4/h7-12,19-20,23,38H,5-6,13-18H2,1-4H3,(H,36,39)(H,40,41)/t23-,33-. The van der Waals surface area contributed by atoms with Gasteiger partial charge in [0.15, 0.2) is 0 Å². The predicted molar refractivity (Wildman–Crippen MR) is 167 cm³/mol. The summed E-state index contributed by atoms with van der Waals surface area (Å²) in [5, 5.41) is 23.1. The molecule has 1 aliphatic carbocycles. The molecule has 0 saturated heterocycles. The number of carboxylic acid groups (broad SMARTS) is 1. The first kappa shape index (κ1) is 32.3. The molecule has 1 amide bonds. The summed E-state index contributed by atoms with van der Waals surface area (Å²) < 4.78 is 11.8. The number of aliphatic carboxylic acids is 1. The number of rotatable bonds is 12. The van der Waals surface area contributed by atoms with Gasteiger partial charge in [-0.25, -0.2) is 9.78 Å². The molecular weight excluding hydrogens is 570 g/mol. The van der Waals surface area contributed by atoms with Crippen LogP contribution in [0.1, 0.15) is 55.1 Å². The fourth-order valence-corrected chi connectivity index (χ4v) is 5.44. The molecule has 0 spiro atoms. The summed E-state index contributed by atoms with van der Waals surface area (Å²) in [5.74, 6) is -0.507. The molecule has 3 N–H and O–H groups in total. The summed E-state index contributed by atoms with van der Waals surface area (Å²) >= 11 is 6.50. The Morgan fingerprint density at radius 2 is 1.81 bits per heavy atom. The molecule has 0 radical (unpaired) electrons. The number of carboxylic acids is 1. The van der Waals surface area contributed by atoms with Gasteiger partial charge in [0, 0.05) is 17.7 Å². The molecule has 0 aliphatic heterocycles. The fourth-order valence-electron chi connectivity index (χ4n) is 5.26. The lowest BCUT2D eigenvalue weighted by molar-refractivity contribution is -0.146. The number of aryl methyl sites for hydroxylation is 1. The SMILES string of the molecule is CCOc1ccc(C)c(-c2ccc(C(=O)N[C@]3(C(=O)O)CC[C@@H](O)CC3)nc2-c2ccc(Cl)c(OCCCN(C)C)c2)c1. The van der Waals surface area contributed by atoms with Gasteiger partial charge in [-0.05, 0) is 108 Å². The third kappa shape index (κ3) is 7.84. The quantitative estimate of drug-likeness (QED) is 0.227. The van der Waals surface area contributed by atoms with Crippen LogP contribution in [-0.4, -0.2) is 77.5 Å². The molecule has 0 unspecified atom stereocenters. The smallest absolute Gasteiger partial charge is 0.329 e. The number of aliphatic hydroxyl groups excluding tert-OH is 1. The molecule has 1 aromatic heterocycles. The van der Waals surface area contributed by atoms with Crippen LogP contribution in [0.15, 0.2) is 48.5 Å². The van der Waals surface area contributed by atoms with Gasteiger partial charge in [-0.15, -0.1) is 0 Å². The van der Waals surface area contributed by atoms with Crippen LogP contribution in [0.5, 0.6) is 11.5 Å². The van der Waals surface area contributed by atoms with Crippen molar-refractivity contribution in [2.24, 2.45) is 0 Å². The molecule has 1 fully saturated rings. The monoisotopic (exact) mass is 609 g/mol. The summed E-state index contributed by atoms with van der Waals surface area (Å²) in [5.41, 5.74) is 2.45. The highest BCUT2D eigenvalue weighted by molar-refractivity contribution is 6.32. The lowest BCUT2D eigenvalue weighted by Gasteiger charge is -2.35. The van der Waals surface area contributed by atoms with Crippen molar-refractivity contribution in [3.05, 3.63) is 64.8 Å². The molecule has 9 nitrogen and oxygen atoms in total. The van der Waals surface area contributed by atoms with E-state index in [2.05, 4.69) is 10.2 Å². The maximum Gasteiger partial charge on any atom is 0.329 e. The molecule has 2 aromatic carbocycles. The van der Waals surface area contributed by atoms with E-state index in [-0.39, 0.29) is 18.5 Å². The molecule has 3 aromatic rings. The minimum absolute atomic E-state index is 0.0764. The van der Waals surface area contributed by atoms with Crippen molar-refractivity contribution in [3.63, 3.8) is 0 Å². The van der Waals surface area contributed by atoms with Gasteiger partial charge in [0.25, 0.3) is 5.91 Å². The lowest BCUT2D eigenvalue weighted by atomic mass is 9.80. The van der Waals surface area contributed by atoms with Crippen LogP contribution in [-0.2, 0) is 4.79 Å². The van der Waals surface area contributed by atoms with Crippen LogP contribution in [0.25, 0.3) is 22.4 Å². The average Bonchev–Trinajstić information content (AvgIpc) is 2.98. The van der Waals surface area contributed by atoms with Crippen molar-refractivity contribution in [1.29, 1.82) is 0 Å². The zero-order valence-electron chi connectivity index (χ0n) is 25.2. The Morgan fingerprint density at radius 1 is 1.07 bits per heavy atom. The maximum atomic E-state index is 13.5. The summed E-state index contributed by atoms with van der Waals surface area (Å²) in [6.07, 6.45) is 1.10. The largest absolute Gasteiger partial charge is 0.494 e. The van der Waals surface area contributed by atoms with E-state index in [4.69, 9.17) is 26.1 Å². The van der Waals surface area contributed by atoms with Crippen LogP contribution >= 0.6 is 11.6 Å². The molecule has 4 rings (SSSR count). The number of nitrogens with zero attached hydrogens (tertiary/aromatic N) is 2. The number of carbonyl (C=O) groups excluding carboxylic acids is 1. The van der Waals surface area contributed by atoms with E-state index in [1.807, 2.05) is 64.3 Å². The summed E-state index contributed by atoms with van der Waals surface area (Å²) in [6.45, 7) is 5.77. The van der Waals surface area contributed by atoms with Crippen LogP contribution in [0.2, 0.25) is 5.02 Å². The average molecular weight is 610 g/mol. The lowest BCUT2D eigenvalue weighted by Crippen LogP contribution is -2.57. The second-order valence-corrected chi connectivity index (χ2v) is 11.6. The summed E-state index contributed by atoms with van der Waals surface area (Å²) in [6, 6.07) is 14.6. The van der Waals surface area contributed by atoms with Gasteiger partial charge >= 0.3 is 5.97 Å². The van der Waals surface area contributed by atoms with E-state index in [1.54, 1.807) is 12.1 Å². The van der Waals surface area contributed by atoms with Gasteiger partial charge in [-0.1, -0.05) is 23.7 Å². The number of hydrogen-bond acceptors (Lipinski definition) is 7. The Labute approximate surface area is 257 Å². The van der Waals surface area contributed by atoms with E-state index < -0.39 is 23.5 Å². The number of nitrogens with one attached hydrogen (secondary N) is 1. The van der Waals surface area contributed by atoms with E-state index >= 15 is 0 Å². The maximum absolute atomic E-state index is 13.5. The molecular formula is C33H40ClN3O6. The van der Waals surface area contributed by atoms with Gasteiger partial charge in [-0.2, -0.15) is 0 Å². The van der Waals surface area contributed by atoms with Gasteiger partial charge in [0.05, 0.1) is 30.0 Å². The Balaban J connectivity index is 1.76. The Kier molecular flexibility index (Phi) is 10.7. The first-order valence-electron chi connectivity index (χ1n) is 14.6. The minimum atomic E-state index is -1.47. The number of halogens is 1. The highest BCUT2D eigenvalue weighted by atomic mass is 35.5. The Hall–Kier alpha value is -3.66. The number of aliphatic hydroxyl groups is 1. The van der Waals surface area contributed by atoms with Crippen molar-refractivity contribution in [1.82, 2.24) is 15.2 Å². The molecule has 1 saturated carbocycles. The first-order valence-corrected chi connectivity index (χ1v) is 15.0. The van der Waals surface area contributed by atoms with Gasteiger partial charge in [0.2, 0.25) is 0 Å². The third-order valence-corrected chi connectivity index (χ3v) is 8.03. The molecule has 0 atom stereocenters. The summed E-state index contributed by atoms with van der Waals surface area (Å²) in [4.78, 5) is 32.7.